The molecule has 9 heteroatoms. The topological polar surface area (TPSA) is 102 Å². The summed E-state index contributed by atoms with van der Waals surface area (Å²) in [6.07, 6.45) is -1.03. The number of sulfonamides is 1. The fraction of sp³-hybridized carbons (Fsp3) is 0.222. The van der Waals surface area contributed by atoms with E-state index >= 15 is 0 Å². The lowest BCUT2D eigenvalue weighted by Crippen LogP contribution is -2.35. The van der Waals surface area contributed by atoms with Crippen LogP contribution >= 0.6 is 0 Å². The van der Waals surface area contributed by atoms with Gasteiger partial charge in [0.1, 0.15) is 5.82 Å². The van der Waals surface area contributed by atoms with Crippen LogP contribution < -0.4 is 10.0 Å². The van der Waals surface area contributed by atoms with Gasteiger partial charge in [0.25, 0.3) is 15.9 Å². The van der Waals surface area contributed by atoms with Gasteiger partial charge in [-0.25, -0.2) is 17.6 Å². The summed E-state index contributed by atoms with van der Waals surface area (Å²) in [5, 5.41) is 2.51. The summed E-state index contributed by atoms with van der Waals surface area (Å²) in [5.41, 5.74) is -0.266. The molecular formula is C18H19FN2O5S. The van der Waals surface area contributed by atoms with Gasteiger partial charge in [-0.3, -0.25) is 9.52 Å². The summed E-state index contributed by atoms with van der Waals surface area (Å²) in [5.74, 6) is -2.04. The highest BCUT2D eigenvalue weighted by atomic mass is 32.2. The molecule has 144 valence electrons. The van der Waals surface area contributed by atoms with Crippen LogP contribution in [0.4, 0.5) is 10.1 Å². The van der Waals surface area contributed by atoms with Crippen molar-refractivity contribution in [3.63, 3.8) is 0 Å². The molecule has 2 N–H and O–H groups in total. The van der Waals surface area contributed by atoms with E-state index in [-0.39, 0.29) is 16.1 Å². The van der Waals surface area contributed by atoms with Gasteiger partial charge in [-0.2, -0.15) is 0 Å². The van der Waals surface area contributed by atoms with Crippen LogP contribution in [0.5, 0.6) is 0 Å². The van der Waals surface area contributed by atoms with Crippen molar-refractivity contribution in [1.29, 1.82) is 0 Å². The van der Waals surface area contributed by atoms with Gasteiger partial charge in [0, 0.05) is 6.54 Å². The van der Waals surface area contributed by atoms with Crippen LogP contribution in [0, 0.1) is 5.82 Å². The second kappa shape index (κ2) is 8.63. The minimum Gasteiger partial charge on any atom is -0.449 e. The van der Waals surface area contributed by atoms with E-state index in [9.17, 15) is 22.4 Å². The van der Waals surface area contributed by atoms with Crippen LogP contribution in [-0.2, 0) is 19.6 Å². The molecule has 0 unspecified atom stereocenters. The molecule has 0 fully saturated rings. The molecule has 0 heterocycles. The predicted octanol–water partition coefficient (Wildman–Crippen LogP) is 2.31. The van der Waals surface area contributed by atoms with E-state index in [0.717, 1.165) is 12.1 Å². The standard InChI is InChI=1S/C18H19FN2O5S/c1-3-20-17(22)12(2)26-18(23)13-7-6-8-14(11-13)27(24,25)21-16-10-5-4-9-15(16)19/h4-12,21H,3H2,1-2H3,(H,20,22)/t12-/m1/s1. The molecule has 2 aromatic rings. The zero-order chi connectivity index (χ0) is 20.0. The molecule has 2 rings (SSSR count). The summed E-state index contributed by atoms with van der Waals surface area (Å²) < 4.78 is 45.7. The molecule has 0 aliphatic rings. The highest BCUT2D eigenvalue weighted by Crippen LogP contribution is 2.20. The van der Waals surface area contributed by atoms with Crippen molar-refractivity contribution >= 4 is 27.6 Å². The van der Waals surface area contributed by atoms with Gasteiger partial charge < -0.3 is 10.1 Å². The van der Waals surface area contributed by atoms with Gasteiger partial charge >= 0.3 is 5.97 Å². The first kappa shape index (κ1) is 20.4. The maximum atomic E-state index is 13.7. The lowest BCUT2D eigenvalue weighted by molar-refractivity contribution is -0.128. The third-order valence-corrected chi connectivity index (χ3v) is 4.87. The Morgan fingerprint density at radius 2 is 1.85 bits per heavy atom. The molecule has 27 heavy (non-hydrogen) atoms. The van der Waals surface area contributed by atoms with Gasteiger partial charge in [0.2, 0.25) is 0 Å². The first-order valence-corrected chi connectivity index (χ1v) is 9.59. The smallest absolute Gasteiger partial charge is 0.338 e. The molecule has 0 aliphatic carbocycles. The SMILES string of the molecule is CCNC(=O)[C@@H](C)OC(=O)c1cccc(S(=O)(=O)Nc2ccccc2F)c1. The van der Waals surface area contributed by atoms with Crippen molar-refractivity contribution in [1.82, 2.24) is 5.32 Å². The maximum Gasteiger partial charge on any atom is 0.338 e. The number of halogens is 1. The number of carbonyl (C=O) groups excluding carboxylic acids is 2. The minimum atomic E-state index is -4.12. The summed E-state index contributed by atoms with van der Waals surface area (Å²) >= 11 is 0. The highest BCUT2D eigenvalue weighted by Gasteiger charge is 2.21. The van der Waals surface area contributed by atoms with Crippen LogP contribution in [0.3, 0.4) is 0 Å². The molecule has 0 bridgehead atoms. The van der Waals surface area contributed by atoms with Gasteiger partial charge in [-0.05, 0) is 44.2 Å². The summed E-state index contributed by atoms with van der Waals surface area (Å²) in [4.78, 5) is 23.6. The Kier molecular flexibility index (Phi) is 6.51. The van der Waals surface area contributed by atoms with E-state index < -0.39 is 33.8 Å². The van der Waals surface area contributed by atoms with E-state index in [4.69, 9.17) is 4.74 Å². The normalized spacial score (nSPS) is 12.1. The zero-order valence-electron chi connectivity index (χ0n) is 14.7. The number of hydrogen-bond acceptors (Lipinski definition) is 5. The van der Waals surface area contributed by atoms with Crippen molar-refractivity contribution < 1.29 is 27.1 Å². The number of para-hydroxylation sites is 1. The fourth-order valence-electron chi connectivity index (χ4n) is 2.14. The molecule has 0 spiro atoms. The van der Waals surface area contributed by atoms with Crippen molar-refractivity contribution in [2.24, 2.45) is 0 Å². The van der Waals surface area contributed by atoms with E-state index in [2.05, 4.69) is 10.0 Å². The predicted molar refractivity (Wildman–Crippen MR) is 97.2 cm³/mol. The largest absolute Gasteiger partial charge is 0.449 e. The molecule has 1 atom stereocenters. The number of ether oxygens (including phenoxy) is 1. The number of hydrogen-bond donors (Lipinski definition) is 2. The molecule has 0 saturated heterocycles. The quantitative estimate of drug-likeness (QED) is 0.702. The molecule has 2 aromatic carbocycles. The number of anilines is 1. The summed E-state index contributed by atoms with van der Waals surface area (Å²) in [7, 11) is -4.12. The van der Waals surface area contributed by atoms with Crippen molar-refractivity contribution in [2.75, 3.05) is 11.3 Å². The molecule has 0 saturated carbocycles. The van der Waals surface area contributed by atoms with Crippen LogP contribution in [0.2, 0.25) is 0 Å². The van der Waals surface area contributed by atoms with Crippen molar-refractivity contribution in [3.8, 4) is 0 Å². The van der Waals surface area contributed by atoms with Crippen LogP contribution in [0.1, 0.15) is 24.2 Å². The number of likely N-dealkylation sites (N-methyl/N-ethyl adjacent to an activating group) is 1. The average Bonchev–Trinajstić information content (AvgIpc) is 2.63. The number of benzene rings is 2. The Bertz CT molecular complexity index is 946. The highest BCUT2D eigenvalue weighted by molar-refractivity contribution is 7.92. The lowest BCUT2D eigenvalue weighted by atomic mass is 10.2. The first-order valence-electron chi connectivity index (χ1n) is 8.10. The Morgan fingerprint density at radius 3 is 2.52 bits per heavy atom. The molecule has 0 aromatic heterocycles. The second-order valence-corrected chi connectivity index (χ2v) is 7.24. The second-order valence-electron chi connectivity index (χ2n) is 5.56. The number of nitrogens with one attached hydrogen (secondary N) is 2. The fourth-order valence-corrected chi connectivity index (χ4v) is 3.25. The van der Waals surface area contributed by atoms with E-state index in [1.807, 2.05) is 0 Å². The van der Waals surface area contributed by atoms with Gasteiger partial charge in [-0.1, -0.05) is 18.2 Å². The third kappa shape index (κ3) is 5.27. The Hall–Kier alpha value is -2.94. The van der Waals surface area contributed by atoms with Crippen LogP contribution in [0.25, 0.3) is 0 Å². The van der Waals surface area contributed by atoms with Gasteiger partial charge in [-0.15, -0.1) is 0 Å². The Morgan fingerprint density at radius 1 is 1.15 bits per heavy atom. The summed E-state index contributed by atoms with van der Waals surface area (Å²) in [6, 6.07) is 10.4. The molecule has 0 radical (unpaired) electrons. The molecular weight excluding hydrogens is 375 g/mol. The van der Waals surface area contributed by atoms with Crippen LogP contribution in [-0.4, -0.2) is 32.9 Å². The van der Waals surface area contributed by atoms with Crippen LogP contribution in [0.15, 0.2) is 53.4 Å². The number of amides is 1. The van der Waals surface area contributed by atoms with Gasteiger partial charge in [0.05, 0.1) is 16.1 Å². The first-order chi connectivity index (χ1) is 12.7. The van der Waals surface area contributed by atoms with E-state index in [1.54, 1.807) is 6.92 Å². The lowest BCUT2D eigenvalue weighted by Gasteiger charge is -2.13. The monoisotopic (exact) mass is 394 g/mol. The number of carbonyl (C=O) groups is 2. The Labute approximate surface area is 156 Å². The molecule has 0 aliphatic heterocycles. The minimum absolute atomic E-state index is 0.0532. The zero-order valence-corrected chi connectivity index (χ0v) is 15.5. The van der Waals surface area contributed by atoms with E-state index in [0.29, 0.717) is 6.54 Å². The van der Waals surface area contributed by atoms with Crippen molar-refractivity contribution in [3.05, 3.63) is 59.9 Å². The third-order valence-electron chi connectivity index (χ3n) is 3.50. The Balaban J connectivity index is 2.20. The van der Waals surface area contributed by atoms with Crippen molar-refractivity contribution in [2.45, 2.75) is 24.8 Å². The maximum absolute atomic E-state index is 13.7. The molecule has 7 nitrogen and oxygen atoms in total. The van der Waals surface area contributed by atoms with Gasteiger partial charge in [0.15, 0.2) is 6.10 Å². The number of rotatable bonds is 7. The molecule has 1 amide bonds. The summed E-state index contributed by atoms with van der Waals surface area (Å²) in [6.45, 7) is 3.52. The number of esters is 1. The van der Waals surface area contributed by atoms with E-state index in [1.165, 1.54) is 43.3 Å². The average molecular weight is 394 g/mol.